The molecule has 1 aromatic heterocycles. The summed E-state index contributed by atoms with van der Waals surface area (Å²) in [5, 5.41) is 1.94. The molecule has 2 aromatic rings. The zero-order valence-corrected chi connectivity index (χ0v) is 14.0. The van der Waals surface area contributed by atoms with Crippen LogP contribution >= 0.6 is 11.6 Å². The smallest absolute Gasteiger partial charge is 0.222 e. The molecule has 21 heavy (non-hydrogen) atoms. The molecule has 4 N–H and O–H groups in total. The van der Waals surface area contributed by atoms with Crippen LogP contribution in [0, 0.1) is 18.4 Å². The van der Waals surface area contributed by atoms with Crippen molar-refractivity contribution in [3.63, 3.8) is 0 Å². The molecule has 0 amide bonds. The topological polar surface area (TPSA) is 77.8 Å². The van der Waals surface area contributed by atoms with Gasteiger partial charge < -0.3 is 11.5 Å². The largest absolute Gasteiger partial charge is 0.382 e. The van der Waals surface area contributed by atoms with E-state index < -0.39 is 8.07 Å². The first-order valence-corrected chi connectivity index (χ1v) is 9.86. The van der Waals surface area contributed by atoms with Crippen molar-refractivity contribution < 1.29 is 0 Å². The summed E-state index contributed by atoms with van der Waals surface area (Å²) < 4.78 is 0. The lowest BCUT2D eigenvalue weighted by atomic mass is 10.2. The second-order valence-corrected chi connectivity index (χ2v) is 9.82. The van der Waals surface area contributed by atoms with Gasteiger partial charge in [0, 0.05) is 5.02 Å². The van der Waals surface area contributed by atoms with E-state index in [9.17, 15) is 0 Å². The fourth-order valence-electron chi connectivity index (χ4n) is 1.93. The molecule has 0 spiro atoms. The van der Waals surface area contributed by atoms with Crippen LogP contribution in [0.5, 0.6) is 0 Å². The van der Waals surface area contributed by atoms with E-state index in [1.54, 1.807) is 0 Å². The SMILES string of the molecule is Cc1nc(N)nc(N)c1C#C[Si](C)(C)c1ccc(Cl)cc1. The fraction of sp³-hybridized carbons (Fsp3) is 0.200. The molecule has 2 rings (SSSR count). The Balaban J connectivity index is 2.40. The molecule has 0 aliphatic heterocycles. The Bertz CT molecular complexity index is 707. The van der Waals surface area contributed by atoms with Crippen LogP contribution in [-0.4, -0.2) is 18.0 Å². The molecule has 0 saturated carbocycles. The number of nitrogens with zero attached hydrogens (tertiary/aromatic N) is 2. The summed E-state index contributed by atoms with van der Waals surface area (Å²) in [6.45, 7) is 6.18. The van der Waals surface area contributed by atoms with E-state index in [2.05, 4.69) is 34.5 Å². The Kier molecular flexibility index (Phi) is 4.21. The Morgan fingerprint density at radius 2 is 1.71 bits per heavy atom. The lowest BCUT2D eigenvalue weighted by molar-refractivity contribution is 1.11. The molecule has 0 unspecified atom stereocenters. The Morgan fingerprint density at radius 3 is 2.29 bits per heavy atom. The maximum absolute atomic E-state index is 5.93. The number of aromatic nitrogens is 2. The van der Waals surface area contributed by atoms with E-state index in [0.29, 0.717) is 17.1 Å². The molecule has 6 heteroatoms. The Hall–Kier alpha value is -2.03. The van der Waals surface area contributed by atoms with Crippen LogP contribution in [0.25, 0.3) is 0 Å². The van der Waals surface area contributed by atoms with Crippen molar-refractivity contribution in [2.45, 2.75) is 20.0 Å². The van der Waals surface area contributed by atoms with Gasteiger partial charge in [-0.25, -0.2) is 4.98 Å². The van der Waals surface area contributed by atoms with E-state index in [-0.39, 0.29) is 5.95 Å². The van der Waals surface area contributed by atoms with Gasteiger partial charge in [0.05, 0.1) is 11.3 Å². The van der Waals surface area contributed by atoms with Crippen LogP contribution in [0.15, 0.2) is 24.3 Å². The monoisotopic (exact) mass is 316 g/mol. The van der Waals surface area contributed by atoms with Crippen LogP contribution in [-0.2, 0) is 0 Å². The zero-order valence-electron chi connectivity index (χ0n) is 12.2. The average molecular weight is 317 g/mol. The summed E-state index contributed by atoms with van der Waals surface area (Å²) in [5.74, 6) is 3.63. The number of aryl methyl sites for hydroxylation is 1. The highest BCUT2D eigenvalue weighted by atomic mass is 35.5. The van der Waals surface area contributed by atoms with E-state index in [4.69, 9.17) is 23.1 Å². The minimum Gasteiger partial charge on any atom is -0.382 e. The number of halogens is 1. The summed E-state index contributed by atoms with van der Waals surface area (Å²) in [6, 6.07) is 7.83. The van der Waals surface area contributed by atoms with Gasteiger partial charge in [0.25, 0.3) is 0 Å². The van der Waals surface area contributed by atoms with Gasteiger partial charge in [0.2, 0.25) is 5.95 Å². The maximum Gasteiger partial charge on any atom is 0.222 e. The second kappa shape index (κ2) is 5.76. The van der Waals surface area contributed by atoms with Gasteiger partial charge in [0.1, 0.15) is 5.82 Å². The summed E-state index contributed by atoms with van der Waals surface area (Å²) in [7, 11) is -1.91. The quantitative estimate of drug-likeness (QED) is 0.624. The van der Waals surface area contributed by atoms with Crippen molar-refractivity contribution in [3.05, 3.63) is 40.5 Å². The van der Waals surface area contributed by atoms with E-state index in [1.165, 1.54) is 5.19 Å². The zero-order chi connectivity index (χ0) is 15.6. The molecule has 1 heterocycles. The van der Waals surface area contributed by atoms with Crippen LogP contribution in [0.1, 0.15) is 11.3 Å². The number of benzene rings is 1. The summed E-state index contributed by atoms with van der Waals surface area (Å²) in [4.78, 5) is 8.06. The van der Waals surface area contributed by atoms with Crippen LogP contribution in [0.2, 0.25) is 18.1 Å². The van der Waals surface area contributed by atoms with Crippen LogP contribution < -0.4 is 16.7 Å². The Labute approximate surface area is 130 Å². The molecule has 0 bridgehead atoms. The van der Waals surface area contributed by atoms with Crippen molar-refractivity contribution in [2.75, 3.05) is 11.5 Å². The van der Waals surface area contributed by atoms with Crippen molar-refractivity contribution in [1.29, 1.82) is 0 Å². The third-order valence-corrected chi connectivity index (χ3v) is 5.98. The number of nitrogens with two attached hydrogens (primary N) is 2. The minimum absolute atomic E-state index is 0.171. The highest BCUT2D eigenvalue weighted by Crippen LogP contribution is 2.13. The molecule has 4 nitrogen and oxygen atoms in total. The third-order valence-electron chi connectivity index (χ3n) is 3.20. The second-order valence-electron chi connectivity index (χ2n) is 5.31. The Morgan fingerprint density at radius 1 is 1.10 bits per heavy atom. The first-order chi connectivity index (χ1) is 9.79. The fourth-order valence-corrected chi connectivity index (χ4v) is 3.64. The lowest BCUT2D eigenvalue weighted by Gasteiger charge is -2.15. The molecular weight excluding hydrogens is 300 g/mol. The van der Waals surface area contributed by atoms with Gasteiger partial charge in [-0.1, -0.05) is 42.7 Å². The highest BCUT2D eigenvalue weighted by molar-refractivity contribution is 6.96. The van der Waals surface area contributed by atoms with Crippen LogP contribution in [0.4, 0.5) is 11.8 Å². The van der Waals surface area contributed by atoms with E-state index >= 15 is 0 Å². The summed E-state index contributed by atoms with van der Waals surface area (Å²) >= 11 is 5.93. The third kappa shape index (κ3) is 3.54. The standard InChI is InChI=1S/C15H17ClN4Si/c1-10-13(14(17)20-15(18)19-10)8-9-21(2,3)12-6-4-11(16)5-7-12/h4-7H,1-3H3,(H4,17,18,19,20). The van der Waals surface area contributed by atoms with E-state index in [1.807, 2.05) is 31.2 Å². The van der Waals surface area contributed by atoms with E-state index in [0.717, 1.165) is 5.02 Å². The number of hydrogen-bond donors (Lipinski definition) is 2. The molecule has 0 fully saturated rings. The molecule has 0 atom stereocenters. The molecule has 0 aliphatic rings. The van der Waals surface area contributed by atoms with Gasteiger partial charge in [0.15, 0.2) is 8.07 Å². The van der Waals surface area contributed by atoms with Crippen molar-refractivity contribution >= 4 is 36.6 Å². The molecule has 1 aromatic carbocycles. The van der Waals surface area contributed by atoms with Gasteiger partial charge >= 0.3 is 0 Å². The molecule has 0 aliphatic carbocycles. The van der Waals surface area contributed by atoms with Crippen molar-refractivity contribution in [1.82, 2.24) is 9.97 Å². The number of hydrogen-bond acceptors (Lipinski definition) is 4. The van der Waals surface area contributed by atoms with Crippen LogP contribution in [0.3, 0.4) is 0 Å². The summed E-state index contributed by atoms with van der Waals surface area (Å²) in [6.07, 6.45) is 0. The van der Waals surface area contributed by atoms with Crippen molar-refractivity contribution in [3.8, 4) is 11.5 Å². The predicted octanol–water partition coefficient (Wildman–Crippen LogP) is 2.11. The predicted molar refractivity (Wildman–Crippen MR) is 91.0 cm³/mol. The lowest BCUT2D eigenvalue weighted by Crippen LogP contribution is -2.40. The van der Waals surface area contributed by atoms with Gasteiger partial charge in [-0.15, -0.1) is 5.54 Å². The normalized spacial score (nSPS) is 10.9. The van der Waals surface area contributed by atoms with Gasteiger partial charge in [-0.2, -0.15) is 4.98 Å². The average Bonchev–Trinajstić information content (AvgIpc) is 2.37. The molecular formula is C15H17ClN4Si. The van der Waals surface area contributed by atoms with Crippen molar-refractivity contribution in [2.24, 2.45) is 0 Å². The molecule has 0 radical (unpaired) electrons. The maximum atomic E-state index is 5.93. The number of rotatable bonds is 1. The minimum atomic E-state index is -1.91. The van der Waals surface area contributed by atoms with Gasteiger partial charge in [-0.3, -0.25) is 0 Å². The molecule has 0 saturated heterocycles. The van der Waals surface area contributed by atoms with Gasteiger partial charge in [-0.05, 0) is 24.2 Å². The number of nitrogen functional groups attached to an aromatic ring is 2. The first-order valence-electron chi connectivity index (χ1n) is 6.48. The molecule has 108 valence electrons. The highest BCUT2D eigenvalue weighted by Gasteiger charge is 2.21. The first kappa shape index (κ1) is 15.4. The summed E-state index contributed by atoms with van der Waals surface area (Å²) in [5.41, 5.74) is 16.1. The number of anilines is 2.